The summed E-state index contributed by atoms with van der Waals surface area (Å²) in [5.41, 5.74) is 1.58. The quantitative estimate of drug-likeness (QED) is 0.726. The second kappa shape index (κ2) is 3.75. The van der Waals surface area contributed by atoms with E-state index in [1.54, 1.807) is 0 Å². The van der Waals surface area contributed by atoms with Crippen molar-refractivity contribution in [2.75, 3.05) is 7.11 Å². The van der Waals surface area contributed by atoms with Crippen molar-refractivity contribution in [1.82, 2.24) is 4.98 Å². The number of aromatic nitrogens is 1. The number of halogens is 2. The fourth-order valence-corrected chi connectivity index (χ4v) is 2.27. The van der Waals surface area contributed by atoms with E-state index in [1.807, 2.05) is 0 Å². The highest BCUT2D eigenvalue weighted by Gasteiger charge is 2.20. The van der Waals surface area contributed by atoms with Gasteiger partial charge in [0, 0.05) is 0 Å². The third-order valence-electron chi connectivity index (χ3n) is 1.90. The van der Waals surface area contributed by atoms with Crippen LogP contribution in [0.4, 0.5) is 4.39 Å². The minimum atomic E-state index is -0.750. The molecule has 0 saturated carbocycles. The third kappa shape index (κ3) is 1.57. The van der Waals surface area contributed by atoms with Crippen LogP contribution >= 0.6 is 22.9 Å². The summed E-state index contributed by atoms with van der Waals surface area (Å²) in [6.45, 7) is 0. The van der Waals surface area contributed by atoms with Crippen LogP contribution in [0.15, 0.2) is 11.6 Å². The number of carbonyl (C=O) groups is 1. The Morgan fingerprint density at radius 3 is 3.07 bits per heavy atom. The van der Waals surface area contributed by atoms with Gasteiger partial charge in [0.1, 0.15) is 16.9 Å². The number of carbonyl (C=O) groups excluding carboxylic acids is 1. The maximum absolute atomic E-state index is 13.5. The number of hydrogen-bond acceptors (Lipinski definition) is 4. The highest BCUT2D eigenvalue weighted by Crippen LogP contribution is 2.31. The highest BCUT2D eigenvalue weighted by atomic mass is 35.5. The molecule has 6 heteroatoms. The summed E-state index contributed by atoms with van der Waals surface area (Å²) < 4.78 is 18.5. The van der Waals surface area contributed by atoms with Gasteiger partial charge in [-0.05, 0) is 6.07 Å². The lowest BCUT2D eigenvalue weighted by molar-refractivity contribution is 0.0598. The molecule has 2 rings (SSSR count). The lowest BCUT2D eigenvalue weighted by Crippen LogP contribution is -2.05. The third-order valence-corrected chi connectivity index (χ3v) is 3.17. The van der Waals surface area contributed by atoms with Gasteiger partial charge in [0.25, 0.3) is 0 Å². The van der Waals surface area contributed by atoms with E-state index in [4.69, 9.17) is 11.6 Å². The minimum Gasteiger partial charge on any atom is -0.465 e. The molecule has 0 aliphatic rings. The van der Waals surface area contributed by atoms with Crippen LogP contribution in [0.5, 0.6) is 0 Å². The van der Waals surface area contributed by atoms with Crippen molar-refractivity contribution in [3.05, 3.63) is 28.0 Å². The van der Waals surface area contributed by atoms with E-state index in [2.05, 4.69) is 9.72 Å². The molecule has 0 bridgehead atoms. The van der Waals surface area contributed by atoms with E-state index in [0.29, 0.717) is 4.70 Å². The van der Waals surface area contributed by atoms with E-state index < -0.39 is 11.8 Å². The van der Waals surface area contributed by atoms with Crippen LogP contribution in [0.25, 0.3) is 10.2 Å². The van der Waals surface area contributed by atoms with Crippen LogP contribution in [0.1, 0.15) is 10.4 Å². The van der Waals surface area contributed by atoms with Gasteiger partial charge in [-0.1, -0.05) is 11.6 Å². The molecule has 78 valence electrons. The first-order valence-electron chi connectivity index (χ1n) is 3.94. The summed E-state index contributed by atoms with van der Waals surface area (Å²) in [5.74, 6) is -1.47. The number of thiazole rings is 1. The van der Waals surface area contributed by atoms with Crippen LogP contribution in [-0.2, 0) is 4.74 Å². The molecule has 0 aliphatic carbocycles. The largest absolute Gasteiger partial charge is 0.465 e. The van der Waals surface area contributed by atoms with E-state index >= 15 is 0 Å². The van der Waals surface area contributed by atoms with Gasteiger partial charge >= 0.3 is 5.97 Å². The Balaban J connectivity index is 2.82. The molecule has 0 N–H and O–H groups in total. The number of rotatable bonds is 1. The first-order chi connectivity index (χ1) is 7.15. The molecule has 3 nitrogen and oxygen atoms in total. The molecule has 0 amide bonds. The average Bonchev–Trinajstić information content (AvgIpc) is 2.66. The van der Waals surface area contributed by atoms with Gasteiger partial charge in [-0.2, -0.15) is 0 Å². The van der Waals surface area contributed by atoms with Gasteiger partial charge in [-0.3, -0.25) is 0 Å². The van der Waals surface area contributed by atoms with Crippen LogP contribution in [0, 0.1) is 5.82 Å². The van der Waals surface area contributed by atoms with Crippen molar-refractivity contribution >= 4 is 39.1 Å². The lowest BCUT2D eigenvalue weighted by Gasteiger charge is -2.02. The first-order valence-corrected chi connectivity index (χ1v) is 5.20. The van der Waals surface area contributed by atoms with E-state index in [1.165, 1.54) is 24.0 Å². The smallest absolute Gasteiger partial charge is 0.343 e. The van der Waals surface area contributed by atoms with Gasteiger partial charge in [-0.15, -0.1) is 11.3 Å². The van der Waals surface area contributed by atoms with Crippen LogP contribution in [-0.4, -0.2) is 18.1 Å². The zero-order valence-electron chi connectivity index (χ0n) is 7.58. The fourth-order valence-electron chi connectivity index (χ4n) is 1.25. The van der Waals surface area contributed by atoms with Gasteiger partial charge in [0.15, 0.2) is 0 Å². The molecular weight excluding hydrogens is 241 g/mol. The summed E-state index contributed by atoms with van der Waals surface area (Å²) in [5, 5.41) is 0.248. The summed E-state index contributed by atoms with van der Waals surface area (Å²) >= 11 is 7.05. The van der Waals surface area contributed by atoms with Gasteiger partial charge in [0.2, 0.25) is 0 Å². The van der Waals surface area contributed by atoms with E-state index in [9.17, 15) is 9.18 Å². The Morgan fingerprint density at radius 2 is 2.40 bits per heavy atom. The van der Waals surface area contributed by atoms with Crippen molar-refractivity contribution in [2.45, 2.75) is 0 Å². The second-order valence-corrected chi connectivity index (χ2v) is 4.00. The Hall–Kier alpha value is -1.20. The highest BCUT2D eigenvalue weighted by molar-refractivity contribution is 7.17. The van der Waals surface area contributed by atoms with Gasteiger partial charge in [0.05, 0.1) is 22.3 Å². The number of esters is 1. The molecule has 0 fully saturated rings. The van der Waals surface area contributed by atoms with Crippen LogP contribution in [0.2, 0.25) is 5.02 Å². The summed E-state index contributed by atoms with van der Waals surface area (Å²) in [6.07, 6.45) is 0. The van der Waals surface area contributed by atoms with Crippen molar-refractivity contribution in [2.24, 2.45) is 0 Å². The maximum Gasteiger partial charge on any atom is 0.343 e. The van der Waals surface area contributed by atoms with Gasteiger partial charge in [-0.25, -0.2) is 14.2 Å². The summed E-state index contributed by atoms with van der Waals surface area (Å²) in [6, 6.07) is 1.09. The lowest BCUT2D eigenvalue weighted by atomic mass is 10.2. The number of nitrogens with zero attached hydrogens (tertiary/aromatic N) is 1. The Kier molecular flexibility index (Phi) is 2.58. The number of hydrogen-bond donors (Lipinski definition) is 0. The molecule has 0 saturated heterocycles. The molecule has 1 aromatic carbocycles. The zero-order valence-corrected chi connectivity index (χ0v) is 9.16. The van der Waals surface area contributed by atoms with Crippen molar-refractivity contribution in [3.8, 4) is 0 Å². The molecule has 0 unspecified atom stereocenters. The van der Waals surface area contributed by atoms with Crippen molar-refractivity contribution in [1.29, 1.82) is 0 Å². The van der Waals surface area contributed by atoms with Gasteiger partial charge < -0.3 is 4.74 Å². The average molecular weight is 246 g/mol. The zero-order chi connectivity index (χ0) is 11.0. The first kappa shape index (κ1) is 10.3. The van der Waals surface area contributed by atoms with Crippen LogP contribution < -0.4 is 0 Å². The fraction of sp³-hybridized carbons (Fsp3) is 0.111. The normalized spacial score (nSPS) is 10.6. The standard InChI is InChI=1S/C9H5ClFNO2S/c1-14-9(13)6-5(11)2-4(10)8-7(6)12-3-15-8/h2-3H,1H3. The molecule has 1 heterocycles. The number of fused-ring (bicyclic) bond motifs is 1. The molecule has 0 radical (unpaired) electrons. The molecule has 2 aromatic rings. The minimum absolute atomic E-state index is 0.168. The molecule has 1 aromatic heterocycles. The Bertz CT molecular complexity index is 540. The molecule has 15 heavy (non-hydrogen) atoms. The predicted octanol–water partition coefficient (Wildman–Crippen LogP) is 2.88. The molecular formula is C9H5ClFNO2S. The van der Waals surface area contributed by atoms with Crippen molar-refractivity contribution in [3.63, 3.8) is 0 Å². The van der Waals surface area contributed by atoms with Crippen molar-refractivity contribution < 1.29 is 13.9 Å². The molecule has 0 spiro atoms. The Labute approximate surface area is 93.4 Å². The number of benzene rings is 1. The second-order valence-electron chi connectivity index (χ2n) is 2.74. The number of ether oxygens (including phenoxy) is 1. The Morgan fingerprint density at radius 1 is 1.67 bits per heavy atom. The topological polar surface area (TPSA) is 39.2 Å². The summed E-state index contributed by atoms with van der Waals surface area (Å²) in [4.78, 5) is 15.2. The number of methoxy groups -OCH3 is 1. The SMILES string of the molecule is COC(=O)c1c(F)cc(Cl)c2scnc12. The maximum atomic E-state index is 13.5. The molecule has 0 aliphatic heterocycles. The summed E-state index contributed by atoms with van der Waals surface area (Å²) in [7, 11) is 1.19. The predicted molar refractivity (Wildman–Crippen MR) is 55.9 cm³/mol. The monoisotopic (exact) mass is 245 g/mol. The molecule has 0 atom stereocenters. The van der Waals surface area contributed by atoms with Crippen LogP contribution in [0.3, 0.4) is 0 Å². The van der Waals surface area contributed by atoms with E-state index in [0.717, 1.165) is 6.07 Å². The van der Waals surface area contributed by atoms with E-state index in [-0.39, 0.29) is 16.1 Å².